The van der Waals surface area contributed by atoms with Gasteiger partial charge in [-0.15, -0.1) is 23.1 Å². The van der Waals surface area contributed by atoms with Crippen molar-refractivity contribution in [3.63, 3.8) is 0 Å². The maximum atomic E-state index is 12.2. The molecule has 0 saturated heterocycles. The summed E-state index contributed by atoms with van der Waals surface area (Å²) in [6.45, 7) is 0. The fourth-order valence-electron chi connectivity index (χ4n) is 2.90. The van der Waals surface area contributed by atoms with Gasteiger partial charge in [0.1, 0.15) is 11.1 Å². The molecule has 3 rings (SSSR count). The lowest BCUT2D eigenvalue weighted by Gasteiger charge is -2.09. The number of anilines is 1. The van der Waals surface area contributed by atoms with Crippen LogP contribution in [0.4, 0.5) is 5.00 Å². The molecule has 1 aliphatic rings. The highest BCUT2D eigenvalue weighted by atomic mass is 32.2. The van der Waals surface area contributed by atoms with Crippen LogP contribution in [0.15, 0.2) is 35.2 Å². The van der Waals surface area contributed by atoms with E-state index in [1.807, 2.05) is 18.2 Å². The molecule has 0 fully saturated rings. The van der Waals surface area contributed by atoms with Crippen LogP contribution in [0.25, 0.3) is 0 Å². The van der Waals surface area contributed by atoms with E-state index < -0.39 is 0 Å². The van der Waals surface area contributed by atoms with Crippen molar-refractivity contribution in [2.24, 2.45) is 0 Å². The number of carbonyl (C=O) groups is 1. The van der Waals surface area contributed by atoms with E-state index >= 15 is 0 Å². The summed E-state index contributed by atoms with van der Waals surface area (Å²) in [5, 5.41) is 13.1. The zero-order valence-corrected chi connectivity index (χ0v) is 15.1. The van der Waals surface area contributed by atoms with Crippen molar-refractivity contribution >= 4 is 34.0 Å². The fraction of sp³-hybridized carbons (Fsp3) is 0.368. The Bertz CT molecular complexity index is 747. The van der Waals surface area contributed by atoms with Crippen LogP contribution in [-0.4, -0.2) is 11.7 Å². The highest BCUT2D eigenvalue weighted by molar-refractivity contribution is 7.99. The Balaban J connectivity index is 1.50. The first-order valence-electron chi connectivity index (χ1n) is 8.30. The van der Waals surface area contributed by atoms with Crippen molar-refractivity contribution in [3.8, 4) is 6.07 Å². The molecule has 0 unspecified atom stereocenters. The molecule has 0 radical (unpaired) electrons. The molecule has 0 saturated carbocycles. The first-order chi connectivity index (χ1) is 11.8. The summed E-state index contributed by atoms with van der Waals surface area (Å²) in [6, 6.07) is 12.5. The number of amides is 1. The first kappa shape index (κ1) is 17.1. The monoisotopic (exact) mass is 356 g/mol. The van der Waals surface area contributed by atoms with Crippen molar-refractivity contribution in [1.29, 1.82) is 5.26 Å². The van der Waals surface area contributed by atoms with Gasteiger partial charge in [0.15, 0.2) is 0 Å². The van der Waals surface area contributed by atoms with E-state index in [1.165, 1.54) is 21.8 Å². The van der Waals surface area contributed by atoms with Crippen molar-refractivity contribution < 1.29 is 4.79 Å². The second-order valence-corrected chi connectivity index (χ2v) is 8.11. The van der Waals surface area contributed by atoms with E-state index in [1.54, 1.807) is 23.1 Å². The molecular weight excluding hydrogens is 336 g/mol. The normalized spacial score (nSPS) is 13.1. The van der Waals surface area contributed by atoms with Crippen molar-refractivity contribution in [1.82, 2.24) is 0 Å². The second kappa shape index (κ2) is 8.36. The van der Waals surface area contributed by atoms with E-state index in [0.29, 0.717) is 12.0 Å². The second-order valence-electron chi connectivity index (χ2n) is 5.84. The number of aryl methyl sites for hydroxylation is 1. The Kier molecular flexibility index (Phi) is 5.95. The first-order valence-corrected chi connectivity index (χ1v) is 10.1. The quantitative estimate of drug-likeness (QED) is 0.585. The molecule has 1 aromatic heterocycles. The van der Waals surface area contributed by atoms with Crippen LogP contribution in [0.3, 0.4) is 0 Å². The van der Waals surface area contributed by atoms with Crippen molar-refractivity contribution in [3.05, 3.63) is 46.3 Å². The van der Waals surface area contributed by atoms with Gasteiger partial charge in [-0.2, -0.15) is 5.26 Å². The largest absolute Gasteiger partial charge is 0.317 e. The molecule has 1 N–H and O–H groups in total. The van der Waals surface area contributed by atoms with E-state index in [0.717, 1.165) is 36.4 Å². The van der Waals surface area contributed by atoms with E-state index in [-0.39, 0.29) is 5.91 Å². The maximum absolute atomic E-state index is 12.2. The average molecular weight is 357 g/mol. The zero-order chi connectivity index (χ0) is 16.8. The van der Waals surface area contributed by atoms with Gasteiger partial charge < -0.3 is 5.32 Å². The van der Waals surface area contributed by atoms with Crippen LogP contribution in [0.5, 0.6) is 0 Å². The Labute approximate surface area is 151 Å². The van der Waals surface area contributed by atoms with Crippen molar-refractivity contribution in [2.75, 3.05) is 11.1 Å². The zero-order valence-electron chi connectivity index (χ0n) is 13.5. The Morgan fingerprint density at radius 3 is 2.83 bits per heavy atom. The van der Waals surface area contributed by atoms with Crippen LogP contribution >= 0.6 is 23.1 Å². The Morgan fingerprint density at radius 1 is 1.25 bits per heavy atom. The van der Waals surface area contributed by atoms with E-state index in [2.05, 4.69) is 23.5 Å². The van der Waals surface area contributed by atoms with Crippen molar-refractivity contribution in [2.45, 2.75) is 43.4 Å². The molecule has 1 aromatic carbocycles. The Morgan fingerprint density at radius 2 is 2.04 bits per heavy atom. The molecule has 1 aliphatic carbocycles. The van der Waals surface area contributed by atoms with Crippen LogP contribution in [-0.2, 0) is 17.6 Å². The predicted molar refractivity (Wildman–Crippen MR) is 101 cm³/mol. The minimum absolute atomic E-state index is 0.0127. The molecule has 5 heteroatoms. The number of hydrogen-bond acceptors (Lipinski definition) is 4. The maximum Gasteiger partial charge on any atom is 0.225 e. The smallest absolute Gasteiger partial charge is 0.225 e. The summed E-state index contributed by atoms with van der Waals surface area (Å²) < 4.78 is 0. The van der Waals surface area contributed by atoms with Gasteiger partial charge in [0, 0.05) is 16.2 Å². The predicted octanol–water partition coefficient (Wildman–Crippen LogP) is 5.01. The minimum atomic E-state index is 0.0127. The Hall–Kier alpha value is -1.77. The SMILES string of the molecule is N#Cc1c(NC(=O)CCCSc2ccccc2)sc2c1CCCC2. The molecule has 1 heterocycles. The lowest BCUT2D eigenvalue weighted by molar-refractivity contribution is -0.116. The average Bonchev–Trinajstić information content (AvgIpc) is 2.96. The van der Waals surface area contributed by atoms with E-state index in [4.69, 9.17) is 0 Å². The molecule has 1 amide bonds. The molecule has 2 aromatic rings. The molecule has 0 spiro atoms. The molecule has 3 nitrogen and oxygen atoms in total. The molecule has 0 aliphatic heterocycles. The minimum Gasteiger partial charge on any atom is -0.317 e. The number of thiophene rings is 1. The lowest BCUT2D eigenvalue weighted by atomic mass is 9.96. The van der Waals surface area contributed by atoms with Gasteiger partial charge in [0.25, 0.3) is 0 Å². The van der Waals surface area contributed by atoms with Crippen LogP contribution in [0.1, 0.15) is 41.7 Å². The number of hydrogen-bond donors (Lipinski definition) is 1. The summed E-state index contributed by atoms with van der Waals surface area (Å²) >= 11 is 3.36. The molecule has 0 bridgehead atoms. The number of nitrogens with one attached hydrogen (secondary N) is 1. The van der Waals surface area contributed by atoms with Gasteiger partial charge in [0.05, 0.1) is 5.56 Å². The molecular formula is C19H20N2OS2. The summed E-state index contributed by atoms with van der Waals surface area (Å²) in [4.78, 5) is 14.7. The molecule has 0 atom stereocenters. The van der Waals surface area contributed by atoms with Gasteiger partial charge in [-0.3, -0.25) is 4.79 Å². The summed E-state index contributed by atoms with van der Waals surface area (Å²) in [7, 11) is 0. The van der Waals surface area contributed by atoms with Crippen LogP contribution < -0.4 is 5.32 Å². The standard InChI is InChI=1S/C19H20N2OS2/c20-13-16-15-9-4-5-10-17(15)24-19(16)21-18(22)11-6-12-23-14-7-2-1-3-8-14/h1-3,7-8H,4-6,9-12H2,(H,21,22). The van der Waals surface area contributed by atoms with Gasteiger partial charge in [-0.25, -0.2) is 0 Å². The summed E-state index contributed by atoms with van der Waals surface area (Å²) in [5.41, 5.74) is 1.87. The fourth-order valence-corrected chi connectivity index (χ4v) is 5.03. The number of thioether (sulfide) groups is 1. The topological polar surface area (TPSA) is 52.9 Å². The summed E-state index contributed by atoms with van der Waals surface area (Å²) in [6.07, 6.45) is 5.66. The van der Waals surface area contributed by atoms with Crippen LogP contribution in [0.2, 0.25) is 0 Å². The lowest BCUT2D eigenvalue weighted by Crippen LogP contribution is -2.11. The van der Waals surface area contributed by atoms with E-state index in [9.17, 15) is 10.1 Å². The molecule has 124 valence electrons. The number of nitrogens with zero attached hydrogens (tertiary/aromatic N) is 1. The number of rotatable bonds is 6. The highest BCUT2D eigenvalue weighted by Crippen LogP contribution is 2.37. The third kappa shape index (κ3) is 4.19. The van der Waals surface area contributed by atoms with Crippen LogP contribution in [0, 0.1) is 11.3 Å². The van der Waals surface area contributed by atoms with Gasteiger partial charge >= 0.3 is 0 Å². The third-order valence-electron chi connectivity index (χ3n) is 4.10. The van der Waals surface area contributed by atoms with Gasteiger partial charge in [0.2, 0.25) is 5.91 Å². The number of carbonyl (C=O) groups excluding carboxylic acids is 1. The van der Waals surface area contributed by atoms with Gasteiger partial charge in [-0.1, -0.05) is 18.2 Å². The third-order valence-corrected chi connectivity index (χ3v) is 6.40. The summed E-state index contributed by atoms with van der Waals surface area (Å²) in [5.74, 6) is 0.933. The van der Waals surface area contributed by atoms with Gasteiger partial charge in [-0.05, 0) is 55.6 Å². The number of benzene rings is 1. The highest BCUT2D eigenvalue weighted by Gasteiger charge is 2.21. The molecule has 24 heavy (non-hydrogen) atoms. The number of fused-ring (bicyclic) bond motifs is 1. The number of nitriles is 1.